The van der Waals surface area contributed by atoms with E-state index in [0.717, 1.165) is 36.2 Å². The van der Waals surface area contributed by atoms with Crippen molar-refractivity contribution < 1.29 is 4.74 Å². The van der Waals surface area contributed by atoms with Gasteiger partial charge >= 0.3 is 0 Å². The molecule has 6 heteroatoms. The Hall–Kier alpha value is -0.530. The fraction of sp³-hybridized carbons (Fsp3) is 0.611. The molecule has 0 amide bonds. The second-order valence-corrected chi connectivity index (χ2v) is 7.11. The SMILES string of the molecule is CN=C(NCCOCc1ccc(Cl)cc1)N1CCC2(CCC2)C1.I. The van der Waals surface area contributed by atoms with Gasteiger partial charge < -0.3 is 15.0 Å². The zero-order valence-electron chi connectivity index (χ0n) is 14.3. The third-order valence-electron chi connectivity index (χ3n) is 5.08. The number of hydrogen-bond acceptors (Lipinski definition) is 2. The number of guanidine groups is 1. The fourth-order valence-corrected chi connectivity index (χ4v) is 3.66. The van der Waals surface area contributed by atoms with Crippen LogP contribution in [0.15, 0.2) is 29.3 Å². The maximum absolute atomic E-state index is 5.87. The normalized spacial score (nSPS) is 19.1. The Balaban J connectivity index is 0.00000208. The molecule has 1 N–H and O–H groups in total. The molecular formula is C18H27ClIN3O. The van der Waals surface area contributed by atoms with E-state index in [0.29, 0.717) is 18.6 Å². The Morgan fingerprint density at radius 3 is 2.62 bits per heavy atom. The van der Waals surface area contributed by atoms with Crippen molar-refractivity contribution in [3.05, 3.63) is 34.9 Å². The molecule has 1 aromatic rings. The van der Waals surface area contributed by atoms with Crippen molar-refractivity contribution in [3.8, 4) is 0 Å². The standard InChI is InChI=1S/C18H26ClN3O.HI/c1-20-17(22-11-9-18(14-22)7-2-8-18)21-10-12-23-13-15-3-5-16(19)6-4-15;/h3-6H,2,7-14H2,1H3,(H,20,21);1H. The summed E-state index contributed by atoms with van der Waals surface area (Å²) >= 11 is 5.87. The highest BCUT2D eigenvalue weighted by molar-refractivity contribution is 14.0. The van der Waals surface area contributed by atoms with Crippen molar-refractivity contribution in [1.82, 2.24) is 10.2 Å². The lowest BCUT2D eigenvalue weighted by Crippen LogP contribution is -2.43. The van der Waals surface area contributed by atoms with Crippen LogP contribution in [0.4, 0.5) is 0 Å². The number of benzene rings is 1. The summed E-state index contributed by atoms with van der Waals surface area (Å²) in [5.41, 5.74) is 1.74. The summed E-state index contributed by atoms with van der Waals surface area (Å²) in [5.74, 6) is 1.02. The predicted octanol–water partition coefficient (Wildman–Crippen LogP) is 3.93. The highest BCUT2D eigenvalue weighted by Gasteiger charge is 2.43. The van der Waals surface area contributed by atoms with Crippen LogP contribution in [0.2, 0.25) is 5.02 Å². The molecule has 1 saturated heterocycles. The Bertz CT molecular complexity index is 546. The third kappa shape index (κ3) is 4.99. The summed E-state index contributed by atoms with van der Waals surface area (Å²) in [6.45, 7) is 4.36. The van der Waals surface area contributed by atoms with Gasteiger partial charge in [-0.1, -0.05) is 30.2 Å². The molecule has 2 aliphatic rings. The van der Waals surface area contributed by atoms with Crippen molar-refractivity contribution in [1.29, 1.82) is 0 Å². The molecule has 3 rings (SSSR count). The van der Waals surface area contributed by atoms with Crippen LogP contribution in [0.3, 0.4) is 0 Å². The largest absolute Gasteiger partial charge is 0.375 e. The number of halogens is 2. The van der Waals surface area contributed by atoms with Gasteiger partial charge in [0.2, 0.25) is 0 Å². The Morgan fingerprint density at radius 1 is 1.29 bits per heavy atom. The van der Waals surface area contributed by atoms with Crippen LogP contribution < -0.4 is 5.32 Å². The van der Waals surface area contributed by atoms with E-state index in [4.69, 9.17) is 16.3 Å². The second kappa shape index (κ2) is 9.25. The summed E-state index contributed by atoms with van der Waals surface area (Å²) < 4.78 is 5.71. The number of ether oxygens (including phenoxy) is 1. The van der Waals surface area contributed by atoms with Crippen molar-refractivity contribution in [3.63, 3.8) is 0 Å². The van der Waals surface area contributed by atoms with Crippen LogP contribution in [0.25, 0.3) is 0 Å². The topological polar surface area (TPSA) is 36.9 Å². The lowest BCUT2D eigenvalue weighted by atomic mass is 9.68. The molecule has 1 aromatic carbocycles. The van der Waals surface area contributed by atoms with E-state index in [1.54, 1.807) is 0 Å². The molecule has 24 heavy (non-hydrogen) atoms. The molecule has 0 atom stereocenters. The van der Waals surface area contributed by atoms with Gasteiger partial charge in [0.1, 0.15) is 0 Å². The average Bonchev–Trinajstić information content (AvgIpc) is 2.98. The Labute approximate surface area is 167 Å². The number of rotatable bonds is 5. The van der Waals surface area contributed by atoms with Gasteiger partial charge in [-0.25, -0.2) is 0 Å². The van der Waals surface area contributed by atoms with Crippen LogP contribution in [0.5, 0.6) is 0 Å². The smallest absolute Gasteiger partial charge is 0.193 e. The van der Waals surface area contributed by atoms with Crippen LogP contribution in [0, 0.1) is 5.41 Å². The maximum Gasteiger partial charge on any atom is 0.193 e. The summed E-state index contributed by atoms with van der Waals surface area (Å²) in [6, 6.07) is 7.78. The summed E-state index contributed by atoms with van der Waals surface area (Å²) in [7, 11) is 1.86. The lowest BCUT2D eigenvalue weighted by molar-refractivity contribution is 0.124. The molecular weight excluding hydrogens is 437 g/mol. The highest BCUT2D eigenvalue weighted by Crippen LogP contribution is 2.47. The van der Waals surface area contributed by atoms with Gasteiger partial charge in [-0.05, 0) is 42.4 Å². The van der Waals surface area contributed by atoms with Crippen LogP contribution in [0.1, 0.15) is 31.2 Å². The molecule has 1 spiro atoms. The van der Waals surface area contributed by atoms with Crippen molar-refractivity contribution in [2.75, 3.05) is 33.3 Å². The number of nitrogens with one attached hydrogen (secondary N) is 1. The van der Waals surface area contributed by atoms with Gasteiger partial charge in [0.25, 0.3) is 0 Å². The molecule has 2 fully saturated rings. The molecule has 0 aromatic heterocycles. The summed E-state index contributed by atoms with van der Waals surface area (Å²) in [4.78, 5) is 6.82. The van der Waals surface area contributed by atoms with Crippen LogP contribution in [-0.4, -0.2) is 44.1 Å². The van der Waals surface area contributed by atoms with Gasteiger partial charge in [0.05, 0.1) is 13.2 Å². The first-order valence-electron chi connectivity index (χ1n) is 8.49. The van der Waals surface area contributed by atoms with E-state index >= 15 is 0 Å². The van der Waals surface area contributed by atoms with Crippen molar-refractivity contribution >= 4 is 41.5 Å². The fourth-order valence-electron chi connectivity index (χ4n) is 3.54. The molecule has 1 saturated carbocycles. The monoisotopic (exact) mass is 463 g/mol. The number of nitrogens with zero attached hydrogens (tertiary/aromatic N) is 2. The van der Waals surface area contributed by atoms with E-state index in [2.05, 4.69) is 15.2 Å². The van der Waals surface area contributed by atoms with Crippen LogP contribution >= 0.6 is 35.6 Å². The van der Waals surface area contributed by atoms with E-state index in [1.807, 2.05) is 31.3 Å². The molecule has 134 valence electrons. The Morgan fingerprint density at radius 2 is 2.04 bits per heavy atom. The van der Waals surface area contributed by atoms with Gasteiger partial charge in [0, 0.05) is 31.7 Å². The minimum atomic E-state index is 0. The lowest BCUT2D eigenvalue weighted by Gasteiger charge is -2.38. The first-order valence-corrected chi connectivity index (χ1v) is 8.86. The molecule has 4 nitrogen and oxygen atoms in total. The zero-order chi connectivity index (χ0) is 16.1. The van der Waals surface area contributed by atoms with Gasteiger partial charge in [-0.15, -0.1) is 24.0 Å². The van der Waals surface area contributed by atoms with E-state index in [9.17, 15) is 0 Å². The first-order chi connectivity index (χ1) is 11.2. The van der Waals surface area contributed by atoms with E-state index < -0.39 is 0 Å². The molecule has 1 aliphatic carbocycles. The molecule has 0 radical (unpaired) electrons. The van der Waals surface area contributed by atoms with Gasteiger partial charge in [-0.3, -0.25) is 4.99 Å². The number of aliphatic imine (C=N–C) groups is 1. The molecule has 0 bridgehead atoms. The average molecular weight is 464 g/mol. The van der Waals surface area contributed by atoms with Crippen LogP contribution in [-0.2, 0) is 11.3 Å². The number of likely N-dealkylation sites (tertiary alicyclic amines) is 1. The van der Waals surface area contributed by atoms with Crippen molar-refractivity contribution in [2.24, 2.45) is 10.4 Å². The highest BCUT2D eigenvalue weighted by atomic mass is 127. The zero-order valence-corrected chi connectivity index (χ0v) is 17.3. The quantitative estimate of drug-likeness (QED) is 0.311. The minimum Gasteiger partial charge on any atom is -0.375 e. The minimum absolute atomic E-state index is 0. The van der Waals surface area contributed by atoms with Gasteiger partial charge in [0.15, 0.2) is 5.96 Å². The summed E-state index contributed by atoms with van der Waals surface area (Å²) in [5, 5.41) is 4.18. The second-order valence-electron chi connectivity index (χ2n) is 6.68. The third-order valence-corrected chi connectivity index (χ3v) is 5.33. The van der Waals surface area contributed by atoms with E-state index in [-0.39, 0.29) is 24.0 Å². The van der Waals surface area contributed by atoms with Gasteiger partial charge in [-0.2, -0.15) is 0 Å². The first kappa shape index (κ1) is 19.8. The number of hydrogen-bond donors (Lipinski definition) is 1. The molecule has 1 heterocycles. The van der Waals surface area contributed by atoms with Crippen molar-refractivity contribution in [2.45, 2.75) is 32.3 Å². The Kier molecular flexibility index (Phi) is 7.62. The molecule has 0 unspecified atom stereocenters. The molecule has 1 aliphatic heterocycles. The summed E-state index contributed by atoms with van der Waals surface area (Å²) in [6.07, 6.45) is 5.51. The van der Waals surface area contributed by atoms with E-state index in [1.165, 1.54) is 25.7 Å². The predicted molar refractivity (Wildman–Crippen MR) is 110 cm³/mol. The maximum atomic E-state index is 5.87.